The molecule has 1 aliphatic heterocycles. The van der Waals surface area contributed by atoms with Crippen molar-refractivity contribution in [1.29, 1.82) is 0 Å². The molecular formula is C21H22N2O. The summed E-state index contributed by atoms with van der Waals surface area (Å²) in [7, 11) is 0. The Morgan fingerprint density at radius 3 is 2.42 bits per heavy atom. The van der Waals surface area contributed by atoms with Crippen LogP contribution in [0, 0.1) is 0 Å². The Morgan fingerprint density at radius 1 is 0.958 bits per heavy atom. The van der Waals surface area contributed by atoms with E-state index in [-0.39, 0.29) is 5.91 Å². The molecule has 1 aliphatic carbocycles. The van der Waals surface area contributed by atoms with Crippen LogP contribution >= 0.6 is 0 Å². The predicted molar refractivity (Wildman–Crippen MR) is 95.6 cm³/mol. The smallest absolute Gasteiger partial charge is 0.219 e. The summed E-state index contributed by atoms with van der Waals surface area (Å²) in [6.07, 6.45) is 7.97. The van der Waals surface area contributed by atoms with Crippen molar-refractivity contribution in [3.63, 3.8) is 0 Å². The first kappa shape index (κ1) is 15.1. The normalized spacial score (nSPS) is 17.1. The van der Waals surface area contributed by atoms with Gasteiger partial charge in [0.25, 0.3) is 0 Å². The summed E-state index contributed by atoms with van der Waals surface area (Å²) in [5.41, 5.74) is 8.29. The summed E-state index contributed by atoms with van der Waals surface area (Å²) in [6.45, 7) is 3.32. The number of carbonyl (C=O) groups is 1. The fourth-order valence-corrected chi connectivity index (χ4v) is 3.99. The van der Waals surface area contributed by atoms with Crippen molar-refractivity contribution in [1.82, 2.24) is 9.88 Å². The number of benzene rings is 1. The number of piperidine rings is 1. The number of aryl methyl sites for hydroxylation is 2. The zero-order valence-electron chi connectivity index (χ0n) is 14.1. The van der Waals surface area contributed by atoms with Gasteiger partial charge in [-0.3, -0.25) is 9.78 Å². The molecule has 1 aromatic carbocycles. The number of likely N-dealkylation sites (tertiary alicyclic amines) is 1. The maximum atomic E-state index is 11.6. The number of pyridine rings is 1. The van der Waals surface area contributed by atoms with Crippen molar-refractivity contribution >= 4 is 11.5 Å². The standard InChI is InChI=1S/C21H22N2O/c1-15(24)23-12-9-18(10-13-23)21-19-5-3-2-4-16(19)6-7-17-8-11-22-14-20(17)21/h2-5,8,11,14H,6-7,9-10,12-13H2,1H3. The number of hydrogen-bond donors (Lipinski definition) is 0. The zero-order valence-corrected chi connectivity index (χ0v) is 14.1. The molecule has 3 nitrogen and oxygen atoms in total. The van der Waals surface area contributed by atoms with E-state index in [0.29, 0.717) is 0 Å². The summed E-state index contributed by atoms with van der Waals surface area (Å²) >= 11 is 0. The first-order valence-corrected chi connectivity index (χ1v) is 8.73. The topological polar surface area (TPSA) is 33.2 Å². The van der Waals surface area contributed by atoms with Crippen molar-refractivity contribution < 1.29 is 4.79 Å². The summed E-state index contributed by atoms with van der Waals surface area (Å²) in [5, 5.41) is 0. The minimum absolute atomic E-state index is 0.183. The third-order valence-corrected chi connectivity index (χ3v) is 5.30. The number of hydrogen-bond acceptors (Lipinski definition) is 2. The highest BCUT2D eigenvalue weighted by Gasteiger charge is 2.24. The van der Waals surface area contributed by atoms with Crippen LogP contribution < -0.4 is 0 Å². The summed E-state index contributed by atoms with van der Waals surface area (Å²) < 4.78 is 0. The van der Waals surface area contributed by atoms with Crippen LogP contribution in [0.3, 0.4) is 0 Å². The van der Waals surface area contributed by atoms with E-state index in [1.165, 1.54) is 33.4 Å². The Kier molecular flexibility index (Phi) is 3.93. The highest BCUT2D eigenvalue weighted by atomic mass is 16.2. The molecule has 0 atom stereocenters. The van der Waals surface area contributed by atoms with Crippen LogP contribution in [-0.2, 0) is 17.6 Å². The van der Waals surface area contributed by atoms with Crippen LogP contribution in [0.5, 0.6) is 0 Å². The van der Waals surface area contributed by atoms with E-state index in [1.807, 2.05) is 17.3 Å². The average Bonchev–Trinajstić information content (AvgIpc) is 2.79. The Morgan fingerprint density at radius 2 is 1.67 bits per heavy atom. The number of aromatic nitrogens is 1. The third-order valence-electron chi connectivity index (χ3n) is 5.30. The molecule has 0 radical (unpaired) electrons. The zero-order chi connectivity index (χ0) is 16.5. The summed E-state index contributed by atoms with van der Waals surface area (Å²) in [4.78, 5) is 18.0. The highest BCUT2D eigenvalue weighted by Crippen LogP contribution is 2.38. The van der Waals surface area contributed by atoms with Crippen molar-refractivity contribution in [2.45, 2.75) is 32.6 Å². The van der Waals surface area contributed by atoms with Gasteiger partial charge in [-0.05, 0) is 54.0 Å². The molecule has 0 N–H and O–H groups in total. The van der Waals surface area contributed by atoms with Crippen LogP contribution in [0.4, 0.5) is 0 Å². The second kappa shape index (κ2) is 6.23. The number of carbonyl (C=O) groups excluding carboxylic acids is 1. The first-order chi connectivity index (χ1) is 11.7. The van der Waals surface area contributed by atoms with E-state index >= 15 is 0 Å². The molecule has 1 amide bonds. The van der Waals surface area contributed by atoms with Gasteiger partial charge in [-0.15, -0.1) is 0 Å². The second-order valence-corrected chi connectivity index (χ2v) is 6.67. The minimum Gasteiger partial charge on any atom is -0.342 e. The quantitative estimate of drug-likeness (QED) is 0.743. The average molecular weight is 318 g/mol. The molecule has 1 saturated heterocycles. The van der Waals surface area contributed by atoms with Gasteiger partial charge in [-0.2, -0.15) is 0 Å². The molecule has 2 heterocycles. The van der Waals surface area contributed by atoms with E-state index in [2.05, 4.69) is 35.3 Å². The maximum absolute atomic E-state index is 11.6. The van der Waals surface area contributed by atoms with Gasteiger partial charge in [0.05, 0.1) is 0 Å². The monoisotopic (exact) mass is 318 g/mol. The maximum Gasteiger partial charge on any atom is 0.219 e. The molecule has 0 spiro atoms. The molecule has 0 saturated carbocycles. The number of amides is 1. The van der Waals surface area contributed by atoms with Crippen molar-refractivity contribution in [2.75, 3.05) is 13.1 Å². The van der Waals surface area contributed by atoms with Crippen molar-refractivity contribution in [2.24, 2.45) is 0 Å². The van der Waals surface area contributed by atoms with Crippen LogP contribution in [0.25, 0.3) is 5.57 Å². The lowest BCUT2D eigenvalue weighted by molar-refractivity contribution is -0.129. The fourth-order valence-electron chi connectivity index (χ4n) is 3.99. The summed E-state index contributed by atoms with van der Waals surface area (Å²) in [6, 6.07) is 10.9. The molecular weight excluding hydrogens is 296 g/mol. The van der Waals surface area contributed by atoms with Gasteiger partial charge < -0.3 is 4.90 Å². The molecule has 1 aromatic heterocycles. The lowest BCUT2D eigenvalue weighted by Gasteiger charge is -2.29. The van der Waals surface area contributed by atoms with Gasteiger partial charge in [0, 0.05) is 38.0 Å². The van der Waals surface area contributed by atoms with Crippen LogP contribution in [0.2, 0.25) is 0 Å². The lowest BCUT2D eigenvalue weighted by Crippen LogP contribution is -2.34. The Bertz CT molecular complexity index is 763. The minimum atomic E-state index is 0.183. The van der Waals surface area contributed by atoms with E-state index in [9.17, 15) is 4.79 Å². The molecule has 24 heavy (non-hydrogen) atoms. The fraction of sp³-hybridized carbons (Fsp3) is 0.333. The van der Waals surface area contributed by atoms with Crippen LogP contribution in [0.1, 0.15) is 42.0 Å². The highest BCUT2D eigenvalue weighted by molar-refractivity contribution is 5.86. The number of rotatable bonds is 0. The lowest BCUT2D eigenvalue weighted by atomic mass is 9.87. The molecule has 3 heteroatoms. The van der Waals surface area contributed by atoms with Gasteiger partial charge in [0.1, 0.15) is 0 Å². The SMILES string of the molecule is CC(=O)N1CCC(=C2c3ccccc3CCc3ccncc32)CC1. The molecule has 0 unspecified atom stereocenters. The predicted octanol–water partition coefficient (Wildman–Crippen LogP) is 3.62. The van der Waals surface area contributed by atoms with Crippen LogP contribution in [-0.4, -0.2) is 28.9 Å². The molecule has 122 valence electrons. The van der Waals surface area contributed by atoms with Gasteiger partial charge in [0.2, 0.25) is 5.91 Å². The van der Waals surface area contributed by atoms with Gasteiger partial charge >= 0.3 is 0 Å². The Labute approximate surface area is 143 Å². The molecule has 2 aromatic rings. The summed E-state index contributed by atoms with van der Waals surface area (Å²) in [5.74, 6) is 0.183. The molecule has 1 fully saturated rings. The van der Waals surface area contributed by atoms with Crippen molar-refractivity contribution in [3.05, 3.63) is 70.6 Å². The third kappa shape index (κ3) is 2.64. The number of fused-ring (bicyclic) bond motifs is 2. The van der Waals surface area contributed by atoms with Gasteiger partial charge in [0.15, 0.2) is 0 Å². The second-order valence-electron chi connectivity index (χ2n) is 6.67. The van der Waals surface area contributed by atoms with E-state index in [0.717, 1.165) is 38.8 Å². The van der Waals surface area contributed by atoms with E-state index in [4.69, 9.17) is 0 Å². The van der Waals surface area contributed by atoms with Gasteiger partial charge in [-0.1, -0.05) is 29.8 Å². The molecule has 2 aliphatic rings. The van der Waals surface area contributed by atoms with E-state index < -0.39 is 0 Å². The molecule has 4 rings (SSSR count). The van der Waals surface area contributed by atoms with Crippen molar-refractivity contribution in [3.8, 4) is 0 Å². The van der Waals surface area contributed by atoms with Crippen LogP contribution in [0.15, 0.2) is 48.3 Å². The molecule has 0 bridgehead atoms. The Hall–Kier alpha value is -2.42. The number of nitrogens with zero attached hydrogens (tertiary/aromatic N) is 2. The van der Waals surface area contributed by atoms with Gasteiger partial charge in [-0.25, -0.2) is 0 Å². The largest absolute Gasteiger partial charge is 0.342 e. The van der Waals surface area contributed by atoms with E-state index in [1.54, 1.807) is 6.92 Å². The Balaban J connectivity index is 1.85. The first-order valence-electron chi connectivity index (χ1n) is 8.73.